The highest BCUT2D eigenvalue weighted by Gasteiger charge is 2.12. The first-order chi connectivity index (χ1) is 6.43. The van der Waals surface area contributed by atoms with Crippen molar-refractivity contribution in [2.24, 2.45) is 5.73 Å². The molecular formula is C8H18N2O3S. The van der Waals surface area contributed by atoms with Gasteiger partial charge in [0.15, 0.2) is 0 Å². The summed E-state index contributed by atoms with van der Waals surface area (Å²) in [5, 5.41) is 11.5. The maximum Gasteiger partial charge on any atom is 0.321 e. The highest BCUT2D eigenvalue weighted by Crippen LogP contribution is 1.92. The van der Waals surface area contributed by atoms with Crippen molar-refractivity contribution < 1.29 is 14.1 Å². The highest BCUT2D eigenvalue weighted by atomic mass is 32.2. The van der Waals surface area contributed by atoms with E-state index < -0.39 is 22.8 Å². The summed E-state index contributed by atoms with van der Waals surface area (Å²) < 4.78 is 10.8. The molecule has 0 heterocycles. The van der Waals surface area contributed by atoms with Crippen molar-refractivity contribution in [2.45, 2.75) is 25.4 Å². The number of aliphatic carboxylic acids is 1. The maximum atomic E-state index is 10.8. The minimum absolute atomic E-state index is 0.143. The van der Waals surface area contributed by atoms with E-state index in [0.29, 0.717) is 5.75 Å². The van der Waals surface area contributed by atoms with Crippen LogP contribution in [0.1, 0.15) is 13.3 Å². The summed E-state index contributed by atoms with van der Waals surface area (Å²) in [7, 11) is -0.797. The van der Waals surface area contributed by atoms with E-state index in [1.54, 1.807) is 6.26 Å². The van der Waals surface area contributed by atoms with Crippen LogP contribution < -0.4 is 11.1 Å². The second-order valence-corrected chi connectivity index (χ2v) is 4.87. The van der Waals surface area contributed by atoms with Crippen LogP contribution >= 0.6 is 0 Å². The van der Waals surface area contributed by atoms with Crippen molar-refractivity contribution in [1.29, 1.82) is 0 Å². The van der Waals surface area contributed by atoms with E-state index >= 15 is 0 Å². The summed E-state index contributed by atoms with van der Waals surface area (Å²) >= 11 is 0. The molecule has 0 aromatic rings. The normalized spacial score (nSPS) is 17.4. The Bertz CT molecular complexity index is 211. The maximum absolute atomic E-state index is 10.8. The summed E-state index contributed by atoms with van der Waals surface area (Å²) in [4.78, 5) is 10.4. The van der Waals surface area contributed by atoms with Gasteiger partial charge in [-0.25, -0.2) is 0 Å². The number of nitrogens with two attached hydrogens (primary N) is 1. The van der Waals surface area contributed by atoms with Crippen LogP contribution in [-0.4, -0.2) is 45.9 Å². The van der Waals surface area contributed by atoms with Crippen molar-refractivity contribution in [3.63, 3.8) is 0 Å². The van der Waals surface area contributed by atoms with E-state index in [-0.39, 0.29) is 12.6 Å². The quantitative estimate of drug-likeness (QED) is 0.521. The molecule has 0 saturated carbocycles. The Balaban J connectivity index is 3.58. The first-order valence-corrected chi connectivity index (χ1v) is 6.18. The smallest absolute Gasteiger partial charge is 0.321 e. The molecule has 0 aliphatic rings. The lowest BCUT2D eigenvalue weighted by molar-refractivity contribution is -0.138. The zero-order valence-electron chi connectivity index (χ0n) is 8.53. The van der Waals surface area contributed by atoms with Crippen molar-refractivity contribution in [2.75, 3.05) is 18.6 Å². The Morgan fingerprint density at radius 2 is 2.21 bits per heavy atom. The Morgan fingerprint density at radius 3 is 2.64 bits per heavy atom. The molecule has 0 aromatic heterocycles. The number of carboxylic acid groups (broad SMARTS) is 1. The van der Waals surface area contributed by atoms with Gasteiger partial charge in [-0.2, -0.15) is 0 Å². The summed E-state index contributed by atoms with van der Waals surface area (Å²) in [6, 6.07) is -0.728. The van der Waals surface area contributed by atoms with Crippen molar-refractivity contribution in [1.82, 2.24) is 5.32 Å². The van der Waals surface area contributed by atoms with Gasteiger partial charge in [-0.05, 0) is 13.3 Å². The van der Waals surface area contributed by atoms with Gasteiger partial charge in [0.05, 0.1) is 0 Å². The van der Waals surface area contributed by atoms with Crippen LogP contribution in [0.3, 0.4) is 0 Å². The van der Waals surface area contributed by atoms with Crippen LogP contribution in [0, 0.1) is 0 Å². The predicted molar refractivity (Wildman–Crippen MR) is 56.6 cm³/mol. The highest BCUT2D eigenvalue weighted by molar-refractivity contribution is 7.84. The minimum Gasteiger partial charge on any atom is -0.480 e. The van der Waals surface area contributed by atoms with Crippen LogP contribution in [0.15, 0.2) is 0 Å². The average molecular weight is 222 g/mol. The fraction of sp³-hybridized carbons (Fsp3) is 0.875. The third-order valence-electron chi connectivity index (χ3n) is 1.84. The monoisotopic (exact) mass is 222 g/mol. The molecule has 14 heavy (non-hydrogen) atoms. The first-order valence-electron chi connectivity index (χ1n) is 4.45. The zero-order valence-corrected chi connectivity index (χ0v) is 9.34. The SMILES string of the molecule is CC(CCS(C)=O)NCC(N)C(=O)O. The van der Waals surface area contributed by atoms with Crippen LogP contribution in [0.5, 0.6) is 0 Å². The molecule has 5 nitrogen and oxygen atoms in total. The fourth-order valence-electron chi connectivity index (χ4n) is 0.860. The number of hydrogen-bond donors (Lipinski definition) is 3. The van der Waals surface area contributed by atoms with Crippen molar-refractivity contribution >= 4 is 16.8 Å². The van der Waals surface area contributed by atoms with Crippen LogP contribution in [0.4, 0.5) is 0 Å². The average Bonchev–Trinajstić information content (AvgIpc) is 2.10. The van der Waals surface area contributed by atoms with Gasteiger partial charge >= 0.3 is 5.97 Å². The number of carboxylic acids is 1. The first kappa shape index (κ1) is 13.5. The van der Waals surface area contributed by atoms with E-state index in [2.05, 4.69) is 5.32 Å². The van der Waals surface area contributed by atoms with E-state index in [1.807, 2.05) is 6.92 Å². The third kappa shape index (κ3) is 6.99. The standard InChI is InChI=1S/C8H18N2O3S/c1-6(3-4-14(2)13)10-5-7(9)8(11)12/h6-7,10H,3-5,9H2,1-2H3,(H,11,12). The molecule has 0 aliphatic heterocycles. The lowest BCUT2D eigenvalue weighted by atomic mass is 10.2. The molecule has 0 amide bonds. The van der Waals surface area contributed by atoms with E-state index in [1.165, 1.54) is 0 Å². The van der Waals surface area contributed by atoms with E-state index in [4.69, 9.17) is 10.8 Å². The molecule has 4 N–H and O–H groups in total. The number of rotatable bonds is 7. The molecule has 0 saturated heterocycles. The molecule has 0 aromatic carbocycles. The molecule has 0 fully saturated rings. The molecule has 0 radical (unpaired) electrons. The topological polar surface area (TPSA) is 92.4 Å². The zero-order chi connectivity index (χ0) is 11.1. The Morgan fingerprint density at radius 1 is 1.64 bits per heavy atom. The summed E-state index contributed by atoms with van der Waals surface area (Å²) in [6.07, 6.45) is 2.41. The molecule has 6 heteroatoms. The molecule has 0 rings (SSSR count). The largest absolute Gasteiger partial charge is 0.480 e. The van der Waals surface area contributed by atoms with Crippen molar-refractivity contribution in [3.8, 4) is 0 Å². The van der Waals surface area contributed by atoms with E-state index in [0.717, 1.165) is 6.42 Å². The van der Waals surface area contributed by atoms with Crippen molar-refractivity contribution in [3.05, 3.63) is 0 Å². The summed E-state index contributed by atoms with van der Waals surface area (Å²) in [5.74, 6) is -0.389. The van der Waals surface area contributed by atoms with Crippen LogP contribution in [0.25, 0.3) is 0 Å². The van der Waals surface area contributed by atoms with Gasteiger partial charge in [0.2, 0.25) is 0 Å². The third-order valence-corrected chi connectivity index (χ3v) is 2.65. The Hall–Kier alpha value is -0.460. The van der Waals surface area contributed by atoms with Gasteiger partial charge < -0.3 is 16.2 Å². The van der Waals surface area contributed by atoms with Gasteiger partial charge in [-0.1, -0.05) is 0 Å². The van der Waals surface area contributed by atoms with Gasteiger partial charge in [0.1, 0.15) is 6.04 Å². The minimum atomic E-state index is -1.01. The van der Waals surface area contributed by atoms with Gasteiger partial charge in [0.25, 0.3) is 0 Å². The second-order valence-electron chi connectivity index (χ2n) is 3.32. The van der Waals surface area contributed by atoms with Gasteiger partial charge in [-0.15, -0.1) is 0 Å². The second kappa shape index (κ2) is 6.92. The number of nitrogens with one attached hydrogen (secondary N) is 1. The molecule has 0 aliphatic carbocycles. The molecule has 3 unspecified atom stereocenters. The molecule has 84 valence electrons. The van der Waals surface area contributed by atoms with Crippen LogP contribution in [0.2, 0.25) is 0 Å². The molecular weight excluding hydrogens is 204 g/mol. The fourth-order valence-corrected chi connectivity index (χ4v) is 1.55. The van der Waals surface area contributed by atoms with E-state index in [9.17, 15) is 9.00 Å². The molecule has 3 atom stereocenters. The van der Waals surface area contributed by atoms with Gasteiger partial charge in [-0.3, -0.25) is 9.00 Å². The van der Waals surface area contributed by atoms with Gasteiger partial charge in [0, 0.05) is 35.4 Å². The number of carbonyl (C=O) groups is 1. The Kier molecular flexibility index (Phi) is 6.69. The predicted octanol–water partition coefficient (Wildman–Crippen LogP) is -0.855. The Labute approximate surface area is 86.5 Å². The number of hydrogen-bond acceptors (Lipinski definition) is 4. The summed E-state index contributed by atoms with van der Waals surface area (Å²) in [5.41, 5.74) is 5.30. The molecule has 0 spiro atoms. The summed E-state index contributed by atoms with van der Waals surface area (Å²) in [6.45, 7) is 2.16. The lowest BCUT2D eigenvalue weighted by Crippen LogP contribution is -2.43. The molecule has 0 bridgehead atoms. The van der Waals surface area contributed by atoms with Crippen LogP contribution in [-0.2, 0) is 15.6 Å². The lowest BCUT2D eigenvalue weighted by Gasteiger charge is -2.14.